The van der Waals surface area contributed by atoms with E-state index in [1.165, 1.54) is 17.6 Å². The van der Waals surface area contributed by atoms with E-state index in [9.17, 15) is 0 Å². The minimum atomic E-state index is 0.219. The minimum Gasteiger partial charge on any atom is -0.365 e. The van der Waals surface area contributed by atoms with E-state index in [1.54, 1.807) is 0 Å². The van der Waals surface area contributed by atoms with Crippen LogP contribution in [0.25, 0.3) is 0 Å². The van der Waals surface area contributed by atoms with E-state index in [4.69, 9.17) is 4.74 Å². The van der Waals surface area contributed by atoms with Gasteiger partial charge in [-0.05, 0) is 17.6 Å². The Morgan fingerprint density at radius 2 is 2.07 bits per heavy atom. The van der Waals surface area contributed by atoms with Crippen molar-refractivity contribution in [2.75, 3.05) is 6.61 Å². The Morgan fingerprint density at radius 1 is 1.29 bits per heavy atom. The van der Waals surface area contributed by atoms with Crippen molar-refractivity contribution >= 4 is 0 Å². The lowest BCUT2D eigenvalue weighted by Gasteiger charge is -2.14. The van der Waals surface area contributed by atoms with E-state index >= 15 is 0 Å². The molecule has 1 unspecified atom stereocenters. The van der Waals surface area contributed by atoms with Crippen molar-refractivity contribution in [2.45, 2.75) is 25.9 Å². The summed E-state index contributed by atoms with van der Waals surface area (Å²) in [4.78, 5) is 0. The van der Waals surface area contributed by atoms with Gasteiger partial charge >= 0.3 is 0 Å². The van der Waals surface area contributed by atoms with Gasteiger partial charge in [-0.15, -0.1) is 0 Å². The Morgan fingerprint density at radius 3 is 2.79 bits per heavy atom. The van der Waals surface area contributed by atoms with Crippen molar-refractivity contribution in [3.05, 3.63) is 47.5 Å². The molecular formula is C13H16O. The van der Waals surface area contributed by atoms with Crippen LogP contribution in [-0.4, -0.2) is 6.61 Å². The normalized spacial score (nSPS) is 20.9. The second-order valence-electron chi connectivity index (χ2n) is 3.65. The summed E-state index contributed by atoms with van der Waals surface area (Å²) >= 11 is 0. The smallest absolute Gasteiger partial charge is 0.104 e. The van der Waals surface area contributed by atoms with Crippen LogP contribution in [-0.2, 0) is 4.74 Å². The number of rotatable bonds is 3. The predicted molar refractivity (Wildman–Crippen MR) is 58.1 cm³/mol. The molecule has 1 heterocycles. The van der Waals surface area contributed by atoms with Gasteiger partial charge in [0.2, 0.25) is 0 Å². The highest BCUT2D eigenvalue weighted by Crippen LogP contribution is 2.32. The van der Waals surface area contributed by atoms with Crippen molar-refractivity contribution < 1.29 is 4.74 Å². The maximum absolute atomic E-state index is 5.71. The first-order valence-electron chi connectivity index (χ1n) is 5.27. The largest absolute Gasteiger partial charge is 0.365 e. The SMILES string of the molecule is CCCC1=CCOC1c1ccccc1. The summed E-state index contributed by atoms with van der Waals surface area (Å²) in [7, 11) is 0. The number of hydrogen-bond donors (Lipinski definition) is 0. The van der Waals surface area contributed by atoms with Crippen LogP contribution in [0.3, 0.4) is 0 Å². The maximum atomic E-state index is 5.71. The van der Waals surface area contributed by atoms with E-state index in [-0.39, 0.29) is 6.10 Å². The van der Waals surface area contributed by atoms with E-state index in [0.29, 0.717) is 0 Å². The van der Waals surface area contributed by atoms with Gasteiger partial charge < -0.3 is 4.74 Å². The fourth-order valence-electron chi connectivity index (χ4n) is 1.93. The Bertz CT molecular complexity index is 313. The van der Waals surface area contributed by atoms with Gasteiger partial charge in [0.1, 0.15) is 6.10 Å². The van der Waals surface area contributed by atoms with Crippen LogP contribution in [0.1, 0.15) is 31.4 Å². The van der Waals surface area contributed by atoms with Gasteiger partial charge in [-0.25, -0.2) is 0 Å². The molecule has 1 aromatic rings. The van der Waals surface area contributed by atoms with Crippen molar-refractivity contribution in [1.29, 1.82) is 0 Å². The quantitative estimate of drug-likeness (QED) is 0.660. The standard InChI is InChI=1S/C13H16O/c1-2-6-11-9-10-14-13(11)12-7-4-3-5-8-12/h3-5,7-9,13H,2,6,10H2,1H3. The first-order chi connectivity index (χ1) is 6.92. The highest BCUT2D eigenvalue weighted by molar-refractivity contribution is 5.28. The van der Waals surface area contributed by atoms with Gasteiger partial charge in [-0.1, -0.05) is 49.8 Å². The molecule has 0 bridgehead atoms. The van der Waals surface area contributed by atoms with E-state index in [0.717, 1.165) is 13.0 Å². The third kappa shape index (κ3) is 1.88. The Labute approximate surface area is 85.4 Å². The molecule has 2 rings (SSSR count). The predicted octanol–water partition coefficient (Wildman–Crippen LogP) is 3.48. The summed E-state index contributed by atoms with van der Waals surface area (Å²) in [5, 5.41) is 0. The molecule has 0 fully saturated rings. The number of ether oxygens (including phenoxy) is 1. The molecule has 0 aromatic heterocycles. The molecule has 1 heteroatoms. The zero-order chi connectivity index (χ0) is 9.80. The van der Waals surface area contributed by atoms with Crippen LogP contribution in [0.5, 0.6) is 0 Å². The van der Waals surface area contributed by atoms with Gasteiger partial charge in [-0.2, -0.15) is 0 Å². The first kappa shape index (κ1) is 9.47. The monoisotopic (exact) mass is 188 g/mol. The lowest BCUT2D eigenvalue weighted by molar-refractivity contribution is 0.121. The zero-order valence-corrected chi connectivity index (χ0v) is 8.57. The first-order valence-corrected chi connectivity index (χ1v) is 5.27. The van der Waals surface area contributed by atoms with E-state index < -0.39 is 0 Å². The van der Waals surface area contributed by atoms with Gasteiger partial charge in [0.05, 0.1) is 6.61 Å². The molecule has 0 saturated heterocycles. The van der Waals surface area contributed by atoms with Gasteiger partial charge in [0, 0.05) is 0 Å². The minimum absolute atomic E-state index is 0.219. The molecule has 1 aliphatic rings. The van der Waals surface area contributed by atoms with Crippen LogP contribution in [0, 0.1) is 0 Å². The van der Waals surface area contributed by atoms with Gasteiger partial charge in [-0.3, -0.25) is 0 Å². The molecule has 0 N–H and O–H groups in total. The summed E-state index contributed by atoms with van der Waals surface area (Å²) in [5.74, 6) is 0. The van der Waals surface area contributed by atoms with Crippen molar-refractivity contribution in [3.63, 3.8) is 0 Å². The van der Waals surface area contributed by atoms with Crippen LogP contribution in [0.15, 0.2) is 42.0 Å². The summed E-state index contributed by atoms with van der Waals surface area (Å²) in [5.41, 5.74) is 2.73. The summed E-state index contributed by atoms with van der Waals surface area (Å²) in [6.45, 7) is 2.98. The Hall–Kier alpha value is -1.08. The molecule has 1 aromatic carbocycles. The zero-order valence-electron chi connectivity index (χ0n) is 8.57. The third-order valence-corrected chi connectivity index (χ3v) is 2.59. The fraction of sp³-hybridized carbons (Fsp3) is 0.385. The van der Waals surface area contributed by atoms with Crippen LogP contribution >= 0.6 is 0 Å². The highest BCUT2D eigenvalue weighted by Gasteiger charge is 2.20. The van der Waals surface area contributed by atoms with Crippen LogP contribution < -0.4 is 0 Å². The molecule has 1 aliphatic heterocycles. The highest BCUT2D eigenvalue weighted by atomic mass is 16.5. The van der Waals surface area contributed by atoms with Crippen LogP contribution in [0.4, 0.5) is 0 Å². The molecule has 1 nitrogen and oxygen atoms in total. The number of benzene rings is 1. The third-order valence-electron chi connectivity index (χ3n) is 2.59. The van der Waals surface area contributed by atoms with Crippen molar-refractivity contribution in [3.8, 4) is 0 Å². The van der Waals surface area contributed by atoms with E-state index in [2.05, 4.69) is 37.3 Å². The van der Waals surface area contributed by atoms with E-state index in [1.807, 2.05) is 6.07 Å². The summed E-state index contributed by atoms with van der Waals surface area (Å²) < 4.78 is 5.71. The second kappa shape index (κ2) is 4.43. The molecule has 0 amide bonds. The van der Waals surface area contributed by atoms with Crippen LogP contribution in [0.2, 0.25) is 0 Å². The van der Waals surface area contributed by atoms with Crippen molar-refractivity contribution in [2.24, 2.45) is 0 Å². The van der Waals surface area contributed by atoms with Gasteiger partial charge in [0.15, 0.2) is 0 Å². The molecule has 74 valence electrons. The average molecular weight is 188 g/mol. The average Bonchev–Trinajstić information content (AvgIpc) is 2.68. The lowest BCUT2D eigenvalue weighted by atomic mass is 9.99. The molecule has 0 spiro atoms. The van der Waals surface area contributed by atoms with Gasteiger partial charge in [0.25, 0.3) is 0 Å². The molecule has 0 radical (unpaired) electrons. The van der Waals surface area contributed by atoms with Crippen molar-refractivity contribution in [1.82, 2.24) is 0 Å². The molecule has 0 aliphatic carbocycles. The summed E-state index contributed by atoms with van der Waals surface area (Å²) in [6, 6.07) is 10.5. The molecule has 14 heavy (non-hydrogen) atoms. The fourth-order valence-corrected chi connectivity index (χ4v) is 1.93. The Balaban J connectivity index is 2.16. The molecule has 0 saturated carbocycles. The second-order valence-corrected chi connectivity index (χ2v) is 3.65. The topological polar surface area (TPSA) is 9.23 Å². The molecule has 1 atom stereocenters. The molecular weight excluding hydrogens is 172 g/mol. The maximum Gasteiger partial charge on any atom is 0.104 e. The summed E-state index contributed by atoms with van der Waals surface area (Å²) in [6.07, 6.45) is 4.79. The lowest BCUT2D eigenvalue weighted by Crippen LogP contribution is -2.00. The number of hydrogen-bond acceptors (Lipinski definition) is 1. The Kier molecular flexibility index (Phi) is 3.00.